The Morgan fingerprint density at radius 3 is 2.91 bits per heavy atom. The van der Waals surface area contributed by atoms with Gasteiger partial charge in [-0.2, -0.15) is 4.98 Å². The summed E-state index contributed by atoms with van der Waals surface area (Å²) in [4.78, 5) is 11.1. The van der Waals surface area contributed by atoms with Gasteiger partial charge in [0.2, 0.25) is 5.89 Å². The van der Waals surface area contributed by atoms with Gasteiger partial charge in [-0.25, -0.2) is 4.99 Å². The molecule has 1 N–H and O–H groups in total. The molecule has 2 saturated heterocycles. The van der Waals surface area contributed by atoms with E-state index in [0.717, 1.165) is 45.0 Å². The van der Waals surface area contributed by atoms with E-state index in [-0.39, 0.29) is 12.2 Å². The Morgan fingerprint density at radius 2 is 2.22 bits per heavy atom. The molecule has 2 aliphatic rings. The molecule has 2 fully saturated rings. The normalized spacial score (nSPS) is 25.8. The number of hydrogen-bond donors (Lipinski definition) is 1. The number of aliphatic imine (C=N–C) groups is 1. The van der Waals surface area contributed by atoms with Gasteiger partial charge in [0.15, 0.2) is 11.8 Å². The largest absolute Gasteiger partial charge is 0.375 e. The number of aromatic nitrogens is 2. The summed E-state index contributed by atoms with van der Waals surface area (Å²) in [5, 5.41) is 7.22. The predicted octanol–water partition coefficient (Wildman–Crippen LogP) is 0.723. The average Bonchev–Trinajstić information content (AvgIpc) is 3.23. The molecule has 1 aromatic rings. The van der Waals surface area contributed by atoms with E-state index in [9.17, 15) is 0 Å². The second kappa shape index (κ2) is 7.74. The zero-order valence-corrected chi connectivity index (χ0v) is 13.8. The minimum Gasteiger partial charge on any atom is -0.375 e. The van der Waals surface area contributed by atoms with Gasteiger partial charge >= 0.3 is 0 Å². The van der Waals surface area contributed by atoms with Crippen LogP contribution in [0.3, 0.4) is 0 Å². The maximum Gasteiger partial charge on any atom is 0.223 e. The van der Waals surface area contributed by atoms with E-state index in [1.807, 2.05) is 0 Å². The van der Waals surface area contributed by atoms with Crippen LogP contribution in [0, 0.1) is 6.92 Å². The lowest BCUT2D eigenvalue weighted by Gasteiger charge is -2.37. The highest BCUT2D eigenvalue weighted by atomic mass is 16.5. The van der Waals surface area contributed by atoms with Gasteiger partial charge < -0.3 is 24.2 Å². The van der Waals surface area contributed by atoms with Crippen molar-refractivity contribution in [1.29, 1.82) is 0 Å². The molecule has 1 aromatic heterocycles. The molecule has 0 aliphatic carbocycles. The Kier molecular flexibility index (Phi) is 5.45. The second-order valence-electron chi connectivity index (χ2n) is 5.81. The molecule has 2 atom stereocenters. The van der Waals surface area contributed by atoms with E-state index >= 15 is 0 Å². The smallest absolute Gasteiger partial charge is 0.223 e. The molecular weight excluding hydrogens is 298 g/mol. The fourth-order valence-electron chi connectivity index (χ4n) is 2.97. The summed E-state index contributed by atoms with van der Waals surface area (Å²) in [7, 11) is 0. The number of hydrogen-bond acceptors (Lipinski definition) is 6. The molecule has 0 saturated carbocycles. The van der Waals surface area contributed by atoms with Crippen LogP contribution in [-0.4, -0.2) is 66.1 Å². The van der Waals surface area contributed by atoms with E-state index in [1.165, 1.54) is 0 Å². The monoisotopic (exact) mass is 323 g/mol. The van der Waals surface area contributed by atoms with Crippen LogP contribution < -0.4 is 5.32 Å². The van der Waals surface area contributed by atoms with Crippen molar-refractivity contribution in [2.75, 3.05) is 32.8 Å². The highest BCUT2D eigenvalue weighted by Crippen LogP contribution is 2.21. The van der Waals surface area contributed by atoms with E-state index in [0.29, 0.717) is 24.9 Å². The maximum absolute atomic E-state index is 5.90. The molecule has 8 heteroatoms. The summed E-state index contributed by atoms with van der Waals surface area (Å²) in [6.07, 6.45) is 2.52. The van der Waals surface area contributed by atoms with E-state index in [1.54, 1.807) is 6.92 Å². The van der Waals surface area contributed by atoms with Crippen molar-refractivity contribution in [1.82, 2.24) is 20.4 Å². The zero-order chi connectivity index (χ0) is 16.1. The lowest BCUT2D eigenvalue weighted by molar-refractivity contribution is -0.0817. The molecule has 0 spiro atoms. The van der Waals surface area contributed by atoms with E-state index in [2.05, 4.69) is 32.3 Å². The standard InChI is InChI=1S/C15H25N5O3/c1-3-16-15(17-9-14-18-11(2)23-19-14)20-6-8-22-13(10-20)12-5-4-7-21-12/h12-13H,3-10H2,1-2H3,(H,16,17). The van der Waals surface area contributed by atoms with Crippen LogP contribution in [0.1, 0.15) is 31.5 Å². The third kappa shape index (κ3) is 4.20. The molecule has 2 unspecified atom stereocenters. The first kappa shape index (κ1) is 16.2. The number of guanidine groups is 1. The predicted molar refractivity (Wildman–Crippen MR) is 84.1 cm³/mol. The van der Waals surface area contributed by atoms with Gasteiger partial charge in [0.25, 0.3) is 0 Å². The molecule has 128 valence electrons. The summed E-state index contributed by atoms with van der Waals surface area (Å²) in [5.41, 5.74) is 0. The summed E-state index contributed by atoms with van der Waals surface area (Å²) < 4.78 is 16.7. The van der Waals surface area contributed by atoms with Crippen molar-refractivity contribution in [2.45, 2.75) is 45.4 Å². The average molecular weight is 323 g/mol. The highest BCUT2D eigenvalue weighted by Gasteiger charge is 2.32. The molecule has 2 aliphatic heterocycles. The summed E-state index contributed by atoms with van der Waals surface area (Å²) in [6.45, 7) is 8.20. The Hall–Kier alpha value is -1.67. The molecule has 23 heavy (non-hydrogen) atoms. The molecular formula is C15H25N5O3. The van der Waals surface area contributed by atoms with Gasteiger partial charge in [0.05, 0.1) is 12.7 Å². The van der Waals surface area contributed by atoms with Gasteiger partial charge in [-0.15, -0.1) is 0 Å². The number of nitrogens with one attached hydrogen (secondary N) is 1. The molecule has 0 radical (unpaired) electrons. The van der Waals surface area contributed by atoms with Gasteiger partial charge in [0, 0.05) is 33.2 Å². The Bertz CT molecular complexity index is 527. The quantitative estimate of drug-likeness (QED) is 0.645. The Labute approximate surface area is 136 Å². The lowest BCUT2D eigenvalue weighted by atomic mass is 10.1. The molecule has 8 nitrogen and oxygen atoms in total. The highest BCUT2D eigenvalue weighted by molar-refractivity contribution is 5.80. The van der Waals surface area contributed by atoms with Crippen LogP contribution in [-0.2, 0) is 16.0 Å². The van der Waals surface area contributed by atoms with E-state index < -0.39 is 0 Å². The molecule has 3 heterocycles. The van der Waals surface area contributed by atoms with Crippen LogP contribution in [0.5, 0.6) is 0 Å². The summed E-state index contributed by atoms with van der Waals surface area (Å²) in [5.74, 6) is 2.02. The van der Waals surface area contributed by atoms with Crippen LogP contribution in [0.15, 0.2) is 9.52 Å². The van der Waals surface area contributed by atoms with Crippen molar-refractivity contribution in [3.63, 3.8) is 0 Å². The van der Waals surface area contributed by atoms with Crippen LogP contribution in [0.25, 0.3) is 0 Å². The first-order valence-corrected chi connectivity index (χ1v) is 8.32. The zero-order valence-electron chi connectivity index (χ0n) is 13.8. The van der Waals surface area contributed by atoms with Crippen LogP contribution in [0.2, 0.25) is 0 Å². The van der Waals surface area contributed by atoms with Crippen molar-refractivity contribution in [3.05, 3.63) is 11.7 Å². The minimum absolute atomic E-state index is 0.113. The number of rotatable bonds is 4. The minimum atomic E-state index is 0.113. The van der Waals surface area contributed by atoms with E-state index in [4.69, 9.17) is 14.0 Å². The third-order valence-corrected chi connectivity index (χ3v) is 4.05. The third-order valence-electron chi connectivity index (χ3n) is 4.05. The second-order valence-corrected chi connectivity index (χ2v) is 5.81. The van der Waals surface area contributed by atoms with Crippen molar-refractivity contribution < 1.29 is 14.0 Å². The molecule has 0 bridgehead atoms. The maximum atomic E-state index is 5.90. The summed E-state index contributed by atoms with van der Waals surface area (Å²) >= 11 is 0. The lowest BCUT2D eigenvalue weighted by Crippen LogP contribution is -2.53. The van der Waals surface area contributed by atoms with Crippen molar-refractivity contribution >= 4 is 5.96 Å². The summed E-state index contributed by atoms with van der Waals surface area (Å²) in [6, 6.07) is 0. The molecule has 0 amide bonds. The Morgan fingerprint density at radius 1 is 1.35 bits per heavy atom. The topological polar surface area (TPSA) is 85.0 Å². The van der Waals surface area contributed by atoms with Gasteiger partial charge in [-0.1, -0.05) is 5.16 Å². The molecule has 0 aromatic carbocycles. The van der Waals surface area contributed by atoms with Gasteiger partial charge in [-0.3, -0.25) is 0 Å². The first-order chi connectivity index (χ1) is 11.3. The number of morpholine rings is 1. The fraction of sp³-hybridized carbons (Fsp3) is 0.800. The number of nitrogens with zero attached hydrogens (tertiary/aromatic N) is 4. The fourth-order valence-corrected chi connectivity index (χ4v) is 2.97. The Balaban J connectivity index is 1.64. The van der Waals surface area contributed by atoms with Crippen molar-refractivity contribution in [2.24, 2.45) is 4.99 Å². The van der Waals surface area contributed by atoms with Gasteiger partial charge in [0.1, 0.15) is 12.6 Å². The SMILES string of the molecule is CCNC(=NCc1noc(C)n1)N1CCOC(C2CCCO2)C1. The van der Waals surface area contributed by atoms with Gasteiger partial charge in [-0.05, 0) is 19.8 Å². The number of aryl methyl sites for hydroxylation is 1. The van der Waals surface area contributed by atoms with Crippen molar-refractivity contribution in [3.8, 4) is 0 Å². The molecule has 3 rings (SSSR count). The number of ether oxygens (including phenoxy) is 2. The van der Waals surface area contributed by atoms with Crippen LogP contribution >= 0.6 is 0 Å². The first-order valence-electron chi connectivity index (χ1n) is 8.32. The van der Waals surface area contributed by atoms with Crippen LogP contribution in [0.4, 0.5) is 0 Å².